The molecule has 7 heteroatoms. The van der Waals surface area contributed by atoms with Crippen LogP contribution in [0.4, 0.5) is 13.2 Å². The van der Waals surface area contributed by atoms with Crippen LogP contribution in [0.1, 0.15) is 34.3 Å². The van der Waals surface area contributed by atoms with Gasteiger partial charge in [-0.25, -0.2) is 4.79 Å². The van der Waals surface area contributed by atoms with Crippen LogP contribution in [0.5, 0.6) is 0 Å². The molecule has 2 aliphatic rings. The van der Waals surface area contributed by atoms with Gasteiger partial charge in [0.05, 0.1) is 12.1 Å². The molecule has 4 nitrogen and oxygen atoms in total. The number of halogens is 3. The third-order valence-corrected chi connectivity index (χ3v) is 5.53. The Kier molecular flexibility index (Phi) is 4.34. The SMILES string of the molecule is NC1(CNCC(F)(F)F)C2CCC1Cc1cc(C(=O)O)ccc1C2. The molecule has 0 aromatic heterocycles. The zero-order valence-corrected chi connectivity index (χ0v) is 13.2. The minimum absolute atomic E-state index is 0.0635. The van der Waals surface area contributed by atoms with Gasteiger partial charge < -0.3 is 16.2 Å². The molecule has 2 aliphatic carbocycles. The van der Waals surface area contributed by atoms with Crippen molar-refractivity contribution in [3.05, 3.63) is 34.9 Å². The fourth-order valence-corrected chi connectivity index (χ4v) is 4.25. The van der Waals surface area contributed by atoms with E-state index < -0.39 is 24.2 Å². The molecule has 3 rings (SSSR count). The smallest absolute Gasteiger partial charge is 0.401 e. The summed E-state index contributed by atoms with van der Waals surface area (Å²) in [4.78, 5) is 11.2. The highest BCUT2D eigenvalue weighted by Crippen LogP contribution is 2.45. The number of hydrogen-bond donors (Lipinski definition) is 3. The largest absolute Gasteiger partial charge is 0.478 e. The second-order valence-electron chi connectivity index (χ2n) is 7.00. The van der Waals surface area contributed by atoms with Gasteiger partial charge in [-0.3, -0.25) is 0 Å². The highest BCUT2D eigenvalue weighted by Gasteiger charge is 2.49. The van der Waals surface area contributed by atoms with Gasteiger partial charge in [0.2, 0.25) is 0 Å². The maximum atomic E-state index is 12.4. The van der Waals surface area contributed by atoms with E-state index in [9.17, 15) is 18.0 Å². The number of carbonyl (C=O) groups is 1. The molecule has 0 spiro atoms. The van der Waals surface area contributed by atoms with Crippen LogP contribution in [0.3, 0.4) is 0 Å². The first-order valence-corrected chi connectivity index (χ1v) is 8.10. The van der Waals surface area contributed by atoms with E-state index in [1.54, 1.807) is 12.1 Å². The molecule has 1 aromatic rings. The van der Waals surface area contributed by atoms with Crippen LogP contribution < -0.4 is 11.1 Å². The lowest BCUT2D eigenvalue weighted by atomic mass is 9.79. The van der Waals surface area contributed by atoms with Crippen LogP contribution in [-0.4, -0.2) is 35.9 Å². The maximum absolute atomic E-state index is 12.4. The standard InChI is InChI=1S/C17H21F3N2O2/c18-17(19,20)9-22-8-16(21)13-3-4-14(16)7-12-5-11(15(23)24)2-1-10(12)6-13/h1-2,5,13-14,22H,3-4,6-9,21H2,(H,23,24). The van der Waals surface area contributed by atoms with Crippen LogP contribution in [0, 0.1) is 11.8 Å². The van der Waals surface area contributed by atoms with Crippen LogP contribution in [0.25, 0.3) is 0 Å². The molecule has 0 radical (unpaired) electrons. The highest BCUT2D eigenvalue weighted by molar-refractivity contribution is 5.87. The Morgan fingerprint density at radius 3 is 2.46 bits per heavy atom. The van der Waals surface area contributed by atoms with Crippen molar-refractivity contribution in [1.82, 2.24) is 5.32 Å². The highest BCUT2D eigenvalue weighted by atomic mass is 19.4. The van der Waals surface area contributed by atoms with Crippen molar-refractivity contribution in [3.63, 3.8) is 0 Å². The Labute approximate surface area is 138 Å². The van der Waals surface area contributed by atoms with E-state index in [0.717, 1.165) is 24.0 Å². The number of alkyl halides is 3. The van der Waals surface area contributed by atoms with Crippen molar-refractivity contribution in [2.24, 2.45) is 17.6 Å². The molecule has 0 aliphatic heterocycles. The normalized spacial score (nSPS) is 29.2. The molecule has 1 saturated carbocycles. The average Bonchev–Trinajstić information content (AvgIpc) is 2.68. The van der Waals surface area contributed by atoms with E-state index in [1.807, 2.05) is 6.07 Å². The van der Waals surface area contributed by atoms with Crippen LogP contribution in [-0.2, 0) is 12.8 Å². The first-order chi connectivity index (χ1) is 11.2. The number of carboxylic acids is 1. The minimum Gasteiger partial charge on any atom is -0.478 e. The molecule has 132 valence electrons. The third-order valence-electron chi connectivity index (χ3n) is 5.53. The Morgan fingerprint density at radius 2 is 1.88 bits per heavy atom. The number of fused-ring (bicyclic) bond motifs is 3. The monoisotopic (exact) mass is 342 g/mol. The number of benzene rings is 1. The summed E-state index contributed by atoms with van der Waals surface area (Å²) in [6.07, 6.45) is -1.17. The molecule has 24 heavy (non-hydrogen) atoms. The van der Waals surface area contributed by atoms with Crippen molar-refractivity contribution in [1.29, 1.82) is 0 Å². The second-order valence-corrected chi connectivity index (χ2v) is 7.00. The van der Waals surface area contributed by atoms with E-state index in [0.29, 0.717) is 12.8 Å². The van der Waals surface area contributed by atoms with Gasteiger partial charge in [0.15, 0.2) is 0 Å². The van der Waals surface area contributed by atoms with Crippen molar-refractivity contribution in [3.8, 4) is 0 Å². The Balaban J connectivity index is 1.80. The predicted molar refractivity (Wildman–Crippen MR) is 82.9 cm³/mol. The summed E-state index contributed by atoms with van der Waals surface area (Å²) < 4.78 is 37.2. The summed E-state index contributed by atoms with van der Waals surface area (Å²) in [6, 6.07) is 5.09. The van der Waals surface area contributed by atoms with Gasteiger partial charge in [0.25, 0.3) is 0 Å². The Hall–Kier alpha value is -1.60. The molecular formula is C17H21F3N2O2. The zero-order chi connectivity index (χ0) is 17.5. The molecule has 0 amide bonds. The van der Waals surface area contributed by atoms with Crippen molar-refractivity contribution < 1.29 is 23.1 Å². The van der Waals surface area contributed by atoms with E-state index in [1.165, 1.54) is 0 Å². The predicted octanol–water partition coefficient (Wildman–Crippen LogP) is 2.36. The van der Waals surface area contributed by atoms with E-state index in [2.05, 4.69) is 5.32 Å². The second kappa shape index (κ2) is 6.04. The van der Waals surface area contributed by atoms with Gasteiger partial charge in [0, 0.05) is 12.1 Å². The maximum Gasteiger partial charge on any atom is 0.401 e. The van der Waals surface area contributed by atoms with Gasteiger partial charge in [0.1, 0.15) is 0 Å². The molecule has 3 atom stereocenters. The lowest BCUT2D eigenvalue weighted by molar-refractivity contribution is -0.125. The topological polar surface area (TPSA) is 75.3 Å². The summed E-state index contributed by atoms with van der Waals surface area (Å²) >= 11 is 0. The van der Waals surface area contributed by atoms with Crippen LogP contribution >= 0.6 is 0 Å². The quantitative estimate of drug-likeness (QED) is 0.785. The lowest BCUT2D eigenvalue weighted by Crippen LogP contribution is -2.57. The molecule has 3 unspecified atom stereocenters. The fraction of sp³-hybridized carbons (Fsp3) is 0.588. The van der Waals surface area contributed by atoms with Gasteiger partial charge in [-0.15, -0.1) is 0 Å². The van der Waals surface area contributed by atoms with Gasteiger partial charge in [-0.05, 0) is 60.8 Å². The summed E-state index contributed by atoms with van der Waals surface area (Å²) in [5.74, 6) is -0.799. The van der Waals surface area contributed by atoms with Crippen molar-refractivity contribution in [2.75, 3.05) is 13.1 Å². The summed E-state index contributed by atoms with van der Waals surface area (Å²) in [6.45, 7) is -0.914. The van der Waals surface area contributed by atoms with E-state index in [-0.39, 0.29) is 23.9 Å². The van der Waals surface area contributed by atoms with E-state index in [4.69, 9.17) is 10.8 Å². The number of nitrogens with one attached hydrogen (secondary N) is 1. The molecule has 0 saturated heterocycles. The van der Waals surface area contributed by atoms with E-state index >= 15 is 0 Å². The summed E-state index contributed by atoms with van der Waals surface area (Å²) in [7, 11) is 0. The molecule has 4 N–H and O–H groups in total. The number of nitrogens with two attached hydrogens (primary N) is 1. The Morgan fingerprint density at radius 1 is 1.25 bits per heavy atom. The van der Waals surface area contributed by atoms with Crippen molar-refractivity contribution in [2.45, 2.75) is 37.4 Å². The Bertz CT molecular complexity index is 647. The van der Waals surface area contributed by atoms with Gasteiger partial charge in [-0.2, -0.15) is 13.2 Å². The molecule has 0 heterocycles. The fourth-order valence-electron chi connectivity index (χ4n) is 4.25. The van der Waals surface area contributed by atoms with Crippen molar-refractivity contribution >= 4 is 5.97 Å². The summed E-state index contributed by atoms with van der Waals surface area (Å²) in [5, 5.41) is 11.6. The summed E-state index contributed by atoms with van der Waals surface area (Å²) in [5.41, 5.74) is 8.16. The first kappa shape index (κ1) is 17.2. The lowest BCUT2D eigenvalue weighted by Gasteiger charge is -2.35. The van der Waals surface area contributed by atoms with Crippen LogP contribution in [0.15, 0.2) is 18.2 Å². The van der Waals surface area contributed by atoms with Gasteiger partial charge in [-0.1, -0.05) is 6.07 Å². The number of carboxylic acid groups (broad SMARTS) is 1. The molecule has 1 fully saturated rings. The third kappa shape index (κ3) is 3.28. The molecule has 1 aromatic carbocycles. The van der Waals surface area contributed by atoms with Gasteiger partial charge >= 0.3 is 12.1 Å². The minimum atomic E-state index is -4.25. The average molecular weight is 342 g/mol. The molecular weight excluding hydrogens is 321 g/mol. The number of hydrogen-bond acceptors (Lipinski definition) is 3. The number of rotatable bonds is 4. The van der Waals surface area contributed by atoms with Crippen LogP contribution in [0.2, 0.25) is 0 Å². The number of aromatic carboxylic acids is 1. The molecule has 2 bridgehead atoms. The first-order valence-electron chi connectivity index (χ1n) is 8.10. The zero-order valence-electron chi connectivity index (χ0n) is 13.2.